The molecule has 0 aliphatic rings. The van der Waals surface area contributed by atoms with Crippen LogP contribution in [0.1, 0.15) is 26.7 Å². The Morgan fingerprint density at radius 1 is 1.60 bits per heavy atom. The van der Waals surface area contributed by atoms with Gasteiger partial charge in [-0.1, -0.05) is 31.9 Å². The lowest BCUT2D eigenvalue weighted by Gasteiger charge is -2.13. The van der Waals surface area contributed by atoms with Crippen LogP contribution in [0.15, 0.2) is 16.7 Å². The fourth-order valence-corrected chi connectivity index (χ4v) is 1.93. The van der Waals surface area contributed by atoms with Gasteiger partial charge in [0.1, 0.15) is 0 Å². The SMILES string of the molecule is CCCC(C)CNc1cc(Br)cnc1Cl. The topological polar surface area (TPSA) is 24.9 Å². The molecule has 0 saturated heterocycles. The molecule has 0 fully saturated rings. The molecule has 0 aromatic carbocycles. The van der Waals surface area contributed by atoms with Gasteiger partial charge in [0, 0.05) is 17.2 Å². The van der Waals surface area contributed by atoms with E-state index < -0.39 is 0 Å². The predicted molar refractivity (Wildman–Crippen MR) is 69.5 cm³/mol. The van der Waals surface area contributed by atoms with Crippen molar-refractivity contribution < 1.29 is 0 Å². The van der Waals surface area contributed by atoms with Crippen LogP contribution in [0, 0.1) is 5.92 Å². The molecule has 0 bridgehead atoms. The molecule has 1 rings (SSSR count). The Morgan fingerprint density at radius 3 is 3.00 bits per heavy atom. The van der Waals surface area contributed by atoms with Crippen molar-refractivity contribution in [3.63, 3.8) is 0 Å². The summed E-state index contributed by atoms with van der Waals surface area (Å²) in [6.07, 6.45) is 4.14. The maximum atomic E-state index is 5.96. The molecule has 15 heavy (non-hydrogen) atoms. The first-order valence-corrected chi connectivity index (χ1v) is 6.35. The molecule has 1 unspecified atom stereocenters. The molecule has 1 atom stereocenters. The molecule has 1 N–H and O–H groups in total. The minimum Gasteiger partial charge on any atom is -0.382 e. The maximum absolute atomic E-state index is 5.96. The zero-order valence-corrected chi connectivity index (χ0v) is 11.4. The van der Waals surface area contributed by atoms with Gasteiger partial charge in [0.2, 0.25) is 0 Å². The molecule has 0 amide bonds. The summed E-state index contributed by atoms with van der Waals surface area (Å²) in [5, 5.41) is 3.84. The van der Waals surface area contributed by atoms with Crippen molar-refractivity contribution in [2.75, 3.05) is 11.9 Å². The van der Waals surface area contributed by atoms with Gasteiger partial charge in [-0.3, -0.25) is 0 Å². The molecule has 1 heterocycles. The van der Waals surface area contributed by atoms with E-state index in [9.17, 15) is 0 Å². The lowest BCUT2D eigenvalue weighted by molar-refractivity contribution is 0.550. The number of rotatable bonds is 5. The number of nitrogens with one attached hydrogen (secondary N) is 1. The molecule has 84 valence electrons. The molecule has 1 aromatic heterocycles. The van der Waals surface area contributed by atoms with Gasteiger partial charge in [-0.2, -0.15) is 0 Å². The third kappa shape index (κ3) is 4.39. The lowest BCUT2D eigenvalue weighted by Crippen LogP contribution is -2.11. The van der Waals surface area contributed by atoms with Crippen LogP contribution >= 0.6 is 27.5 Å². The minimum absolute atomic E-state index is 0.530. The molecule has 0 aliphatic carbocycles. The number of aromatic nitrogens is 1. The van der Waals surface area contributed by atoms with Crippen LogP contribution < -0.4 is 5.32 Å². The van der Waals surface area contributed by atoms with Crippen molar-refractivity contribution in [1.82, 2.24) is 4.98 Å². The summed E-state index contributed by atoms with van der Waals surface area (Å²) in [4.78, 5) is 4.06. The van der Waals surface area contributed by atoms with Gasteiger partial charge in [0.25, 0.3) is 0 Å². The average Bonchev–Trinajstić information content (AvgIpc) is 2.20. The van der Waals surface area contributed by atoms with E-state index in [2.05, 4.69) is 40.1 Å². The highest BCUT2D eigenvalue weighted by atomic mass is 79.9. The fraction of sp³-hybridized carbons (Fsp3) is 0.545. The summed E-state index contributed by atoms with van der Waals surface area (Å²) in [5.41, 5.74) is 0.897. The highest BCUT2D eigenvalue weighted by Crippen LogP contribution is 2.23. The van der Waals surface area contributed by atoms with E-state index in [0.29, 0.717) is 11.1 Å². The number of nitrogens with zero attached hydrogens (tertiary/aromatic N) is 1. The summed E-state index contributed by atoms with van der Waals surface area (Å²) >= 11 is 9.34. The van der Waals surface area contributed by atoms with Gasteiger partial charge in [-0.05, 0) is 34.3 Å². The normalized spacial score (nSPS) is 12.5. The molecule has 0 radical (unpaired) electrons. The lowest BCUT2D eigenvalue weighted by atomic mass is 10.1. The minimum atomic E-state index is 0.530. The Bertz CT molecular complexity index is 317. The van der Waals surface area contributed by atoms with E-state index in [-0.39, 0.29) is 0 Å². The Labute approximate surface area is 105 Å². The van der Waals surface area contributed by atoms with E-state index in [4.69, 9.17) is 11.6 Å². The maximum Gasteiger partial charge on any atom is 0.152 e. The third-order valence-electron chi connectivity index (χ3n) is 2.23. The number of pyridine rings is 1. The van der Waals surface area contributed by atoms with Crippen molar-refractivity contribution >= 4 is 33.2 Å². The van der Waals surface area contributed by atoms with Crippen LogP contribution in [0.4, 0.5) is 5.69 Å². The van der Waals surface area contributed by atoms with Gasteiger partial charge in [0.15, 0.2) is 5.15 Å². The van der Waals surface area contributed by atoms with E-state index in [1.807, 2.05) is 6.07 Å². The first-order valence-electron chi connectivity index (χ1n) is 5.18. The van der Waals surface area contributed by atoms with Crippen LogP contribution in [-0.4, -0.2) is 11.5 Å². The van der Waals surface area contributed by atoms with Crippen molar-refractivity contribution in [3.05, 3.63) is 21.9 Å². The first-order chi connectivity index (χ1) is 7.13. The highest BCUT2D eigenvalue weighted by Gasteiger charge is 2.04. The smallest absolute Gasteiger partial charge is 0.152 e. The van der Waals surface area contributed by atoms with Gasteiger partial charge in [0.05, 0.1) is 5.69 Å². The highest BCUT2D eigenvalue weighted by molar-refractivity contribution is 9.10. The van der Waals surface area contributed by atoms with E-state index in [1.54, 1.807) is 6.20 Å². The van der Waals surface area contributed by atoms with Crippen molar-refractivity contribution in [3.8, 4) is 0 Å². The molecule has 0 spiro atoms. The fourth-order valence-electron chi connectivity index (χ4n) is 1.43. The van der Waals surface area contributed by atoms with Crippen molar-refractivity contribution in [1.29, 1.82) is 0 Å². The Balaban J connectivity index is 2.53. The summed E-state index contributed by atoms with van der Waals surface area (Å²) < 4.78 is 0.942. The molecule has 0 saturated carbocycles. The Hall–Kier alpha value is -0.280. The molecular formula is C11H16BrClN2. The second-order valence-corrected chi connectivity index (χ2v) is 5.04. The molecule has 1 aromatic rings. The second kappa shape index (κ2) is 6.33. The second-order valence-electron chi connectivity index (χ2n) is 3.77. The summed E-state index contributed by atoms with van der Waals surface area (Å²) in [6.45, 7) is 5.37. The molecule has 0 aliphatic heterocycles. The van der Waals surface area contributed by atoms with Crippen LogP contribution in [0.2, 0.25) is 5.15 Å². The predicted octanol–water partition coefficient (Wildman–Crippen LogP) is 4.35. The zero-order chi connectivity index (χ0) is 11.3. The van der Waals surface area contributed by atoms with E-state index >= 15 is 0 Å². The zero-order valence-electron chi connectivity index (χ0n) is 9.06. The van der Waals surface area contributed by atoms with Gasteiger partial charge in [-0.25, -0.2) is 4.98 Å². The number of hydrogen-bond donors (Lipinski definition) is 1. The molecule has 4 heteroatoms. The van der Waals surface area contributed by atoms with Gasteiger partial charge in [-0.15, -0.1) is 0 Å². The Kier molecular flexibility index (Phi) is 5.40. The number of anilines is 1. The number of hydrogen-bond acceptors (Lipinski definition) is 2. The standard InChI is InChI=1S/C11H16BrClN2/c1-3-4-8(2)6-14-10-5-9(12)7-15-11(10)13/h5,7-8,14H,3-4,6H2,1-2H3. The van der Waals surface area contributed by atoms with Gasteiger partial charge >= 0.3 is 0 Å². The largest absolute Gasteiger partial charge is 0.382 e. The quantitative estimate of drug-likeness (QED) is 0.816. The first kappa shape index (κ1) is 12.8. The van der Waals surface area contributed by atoms with Crippen LogP contribution in [0.5, 0.6) is 0 Å². The van der Waals surface area contributed by atoms with E-state index in [1.165, 1.54) is 12.8 Å². The number of halogens is 2. The summed E-state index contributed by atoms with van der Waals surface area (Å²) in [5.74, 6) is 0.657. The van der Waals surface area contributed by atoms with E-state index in [0.717, 1.165) is 16.7 Å². The van der Waals surface area contributed by atoms with Crippen molar-refractivity contribution in [2.45, 2.75) is 26.7 Å². The third-order valence-corrected chi connectivity index (χ3v) is 2.96. The van der Waals surface area contributed by atoms with Gasteiger partial charge < -0.3 is 5.32 Å². The van der Waals surface area contributed by atoms with Crippen LogP contribution in [0.3, 0.4) is 0 Å². The summed E-state index contributed by atoms with van der Waals surface area (Å²) in [6, 6.07) is 1.95. The van der Waals surface area contributed by atoms with Crippen molar-refractivity contribution in [2.24, 2.45) is 5.92 Å². The van der Waals surface area contributed by atoms with Crippen LogP contribution in [0.25, 0.3) is 0 Å². The average molecular weight is 292 g/mol. The van der Waals surface area contributed by atoms with Crippen LogP contribution in [-0.2, 0) is 0 Å². The summed E-state index contributed by atoms with van der Waals surface area (Å²) in [7, 11) is 0. The monoisotopic (exact) mass is 290 g/mol. The Morgan fingerprint density at radius 2 is 2.33 bits per heavy atom. The molecule has 2 nitrogen and oxygen atoms in total. The molecular weight excluding hydrogens is 275 g/mol.